The van der Waals surface area contributed by atoms with E-state index in [0.717, 1.165) is 23.5 Å². The summed E-state index contributed by atoms with van der Waals surface area (Å²) in [5, 5.41) is 2.75. The zero-order valence-electron chi connectivity index (χ0n) is 13.4. The van der Waals surface area contributed by atoms with Gasteiger partial charge in [0.2, 0.25) is 5.91 Å². The van der Waals surface area contributed by atoms with Gasteiger partial charge in [-0.1, -0.05) is 19.1 Å². The number of hydrogen-bond donors (Lipinski definition) is 2. The summed E-state index contributed by atoms with van der Waals surface area (Å²) in [6, 6.07) is 7.49. The average molecular weight is 357 g/mol. The first kappa shape index (κ1) is 16.8. The molecular formula is C16H15N5O3S. The second kappa shape index (κ2) is 6.81. The summed E-state index contributed by atoms with van der Waals surface area (Å²) in [6.07, 6.45) is 2.07. The van der Waals surface area contributed by atoms with Crippen molar-refractivity contribution < 1.29 is 9.59 Å². The number of primary amides is 1. The maximum absolute atomic E-state index is 12.4. The van der Waals surface area contributed by atoms with Gasteiger partial charge in [-0.3, -0.25) is 19.0 Å². The number of nitrogens with one attached hydrogen (secondary N) is 1. The lowest BCUT2D eigenvalue weighted by atomic mass is 10.1. The van der Waals surface area contributed by atoms with Crippen molar-refractivity contribution in [3.8, 4) is 0 Å². The van der Waals surface area contributed by atoms with Crippen LogP contribution in [-0.4, -0.2) is 25.7 Å². The highest BCUT2D eigenvalue weighted by atomic mass is 32.1. The van der Waals surface area contributed by atoms with Crippen LogP contribution in [0.1, 0.15) is 23.0 Å². The number of aromatic nitrogens is 3. The Morgan fingerprint density at radius 3 is 2.88 bits per heavy atom. The minimum absolute atomic E-state index is 0.0370. The van der Waals surface area contributed by atoms with Gasteiger partial charge in [-0.15, -0.1) is 0 Å². The van der Waals surface area contributed by atoms with Gasteiger partial charge in [0.25, 0.3) is 11.5 Å². The highest BCUT2D eigenvalue weighted by Crippen LogP contribution is 2.16. The van der Waals surface area contributed by atoms with Gasteiger partial charge in [0, 0.05) is 5.69 Å². The molecule has 25 heavy (non-hydrogen) atoms. The Labute approximate surface area is 146 Å². The molecule has 2 aromatic heterocycles. The number of carbonyl (C=O) groups excluding carboxylic acids is 2. The predicted molar refractivity (Wildman–Crippen MR) is 94.6 cm³/mol. The Kier molecular flexibility index (Phi) is 4.57. The third-order valence-electron chi connectivity index (χ3n) is 3.62. The van der Waals surface area contributed by atoms with Crippen molar-refractivity contribution in [2.75, 3.05) is 5.32 Å². The lowest BCUT2D eigenvalue weighted by Gasteiger charge is -2.08. The van der Waals surface area contributed by atoms with Crippen LogP contribution in [0.2, 0.25) is 0 Å². The normalized spacial score (nSPS) is 10.8. The van der Waals surface area contributed by atoms with Gasteiger partial charge in [0.1, 0.15) is 16.8 Å². The van der Waals surface area contributed by atoms with E-state index in [1.807, 2.05) is 25.1 Å². The zero-order valence-corrected chi connectivity index (χ0v) is 14.2. The van der Waals surface area contributed by atoms with Gasteiger partial charge in [-0.25, -0.2) is 4.98 Å². The molecule has 0 unspecified atom stereocenters. The Balaban J connectivity index is 1.82. The third kappa shape index (κ3) is 3.41. The molecule has 0 spiro atoms. The van der Waals surface area contributed by atoms with Gasteiger partial charge in [-0.2, -0.15) is 4.37 Å². The Bertz CT molecular complexity index is 1020. The smallest absolute Gasteiger partial charge is 0.273 e. The molecule has 0 bridgehead atoms. The van der Waals surface area contributed by atoms with E-state index in [1.165, 1.54) is 10.9 Å². The topological polar surface area (TPSA) is 120 Å². The van der Waals surface area contributed by atoms with Crippen LogP contribution in [0.4, 0.5) is 5.69 Å². The number of anilines is 1. The Morgan fingerprint density at radius 2 is 2.16 bits per heavy atom. The summed E-state index contributed by atoms with van der Waals surface area (Å²) in [5.41, 5.74) is 6.65. The van der Waals surface area contributed by atoms with E-state index in [9.17, 15) is 14.4 Å². The molecular weight excluding hydrogens is 342 g/mol. The van der Waals surface area contributed by atoms with Crippen LogP contribution in [0.3, 0.4) is 0 Å². The van der Waals surface area contributed by atoms with Crippen LogP contribution >= 0.6 is 11.5 Å². The Morgan fingerprint density at radius 1 is 1.36 bits per heavy atom. The van der Waals surface area contributed by atoms with E-state index in [0.29, 0.717) is 5.69 Å². The van der Waals surface area contributed by atoms with Gasteiger partial charge < -0.3 is 11.1 Å². The van der Waals surface area contributed by atoms with Gasteiger partial charge >= 0.3 is 0 Å². The molecule has 1 aromatic carbocycles. The van der Waals surface area contributed by atoms with Crippen LogP contribution in [0.15, 0.2) is 35.4 Å². The van der Waals surface area contributed by atoms with Crippen molar-refractivity contribution in [3.63, 3.8) is 0 Å². The van der Waals surface area contributed by atoms with Crippen molar-refractivity contribution in [3.05, 3.63) is 52.2 Å². The SMILES string of the molecule is CCc1cccc(NC(=O)Cn2cnc3c(C(N)=O)nsc3c2=O)c1. The van der Waals surface area contributed by atoms with Crippen molar-refractivity contribution in [2.24, 2.45) is 5.73 Å². The van der Waals surface area contributed by atoms with Gasteiger partial charge in [0.05, 0.1) is 6.33 Å². The van der Waals surface area contributed by atoms with E-state index < -0.39 is 11.5 Å². The summed E-state index contributed by atoms with van der Waals surface area (Å²) in [4.78, 5) is 39.9. The van der Waals surface area contributed by atoms with Gasteiger partial charge in [-0.05, 0) is 35.6 Å². The molecule has 3 aromatic rings. The number of aryl methyl sites for hydroxylation is 1. The first-order valence-electron chi connectivity index (χ1n) is 7.53. The van der Waals surface area contributed by atoms with E-state index in [2.05, 4.69) is 14.7 Å². The lowest BCUT2D eigenvalue weighted by molar-refractivity contribution is -0.116. The fourth-order valence-electron chi connectivity index (χ4n) is 2.35. The molecule has 3 rings (SSSR count). The van der Waals surface area contributed by atoms with Crippen LogP contribution in [0, 0.1) is 0 Å². The number of hydrogen-bond acceptors (Lipinski definition) is 6. The minimum Gasteiger partial charge on any atom is -0.364 e. The van der Waals surface area contributed by atoms with Crippen molar-refractivity contribution in [1.29, 1.82) is 0 Å². The molecule has 8 nitrogen and oxygen atoms in total. The fourth-order valence-corrected chi connectivity index (χ4v) is 3.14. The molecule has 128 valence electrons. The quantitative estimate of drug-likeness (QED) is 0.710. The van der Waals surface area contributed by atoms with Crippen LogP contribution in [0.25, 0.3) is 10.2 Å². The number of nitrogens with two attached hydrogens (primary N) is 1. The van der Waals surface area contributed by atoms with Crippen molar-refractivity contribution in [2.45, 2.75) is 19.9 Å². The second-order valence-corrected chi connectivity index (χ2v) is 6.13. The summed E-state index contributed by atoms with van der Waals surface area (Å²) < 4.78 is 5.22. The highest BCUT2D eigenvalue weighted by Gasteiger charge is 2.17. The van der Waals surface area contributed by atoms with Crippen molar-refractivity contribution >= 4 is 39.3 Å². The molecule has 0 aliphatic carbocycles. The summed E-state index contributed by atoms with van der Waals surface area (Å²) in [7, 11) is 0. The maximum Gasteiger partial charge on any atom is 0.273 e. The summed E-state index contributed by atoms with van der Waals surface area (Å²) in [5.74, 6) is -1.10. The molecule has 3 N–H and O–H groups in total. The zero-order chi connectivity index (χ0) is 18.0. The maximum atomic E-state index is 12.4. The molecule has 0 aliphatic rings. The number of rotatable bonds is 5. The standard InChI is InChI=1S/C16H15N5O3S/c1-2-9-4-3-5-10(6-9)19-11(22)7-21-8-18-12-13(15(17)23)20-25-14(12)16(21)24/h3-6,8H,2,7H2,1H3,(H2,17,23)(H,19,22). The highest BCUT2D eigenvalue weighted by molar-refractivity contribution is 7.13. The number of carbonyl (C=O) groups is 2. The number of amides is 2. The van der Waals surface area contributed by atoms with E-state index in [4.69, 9.17) is 5.73 Å². The van der Waals surface area contributed by atoms with Crippen molar-refractivity contribution in [1.82, 2.24) is 13.9 Å². The van der Waals surface area contributed by atoms with E-state index >= 15 is 0 Å². The fraction of sp³-hybridized carbons (Fsp3) is 0.188. The molecule has 0 radical (unpaired) electrons. The summed E-state index contributed by atoms with van der Waals surface area (Å²) in [6.45, 7) is 1.83. The number of benzene rings is 1. The first-order valence-corrected chi connectivity index (χ1v) is 8.30. The summed E-state index contributed by atoms with van der Waals surface area (Å²) >= 11 is 0.841. The lowest BCUT2D eigenvalue weighted by Crippen LogP contribution is -2.27. The second-order valence-electron chi connectivity index (χ2n) is 5.35. The van der Waals surface area contributed by atoms with E-state index in [1.54, 1.807) is 6.07 Å². The molecule has 2 amide bonds. The number of nitrogens with zero attached hydrogens (tertiary/aromatic N) is 3. The average Bonchev–Trinajstić information content (AvgIpc) is 3.02. The molecule has 0 atom stereocenters. The first-order chi connectivity index (χ1) is 12.0. The van der Waals surface area contributed by atoms with Crippen LogP contribution < -0.4 is 16.6 Å². The molecule has 9 heteroatoms. The Hall–Kier alpha value is -3.07. The molecule has 0 saturated carbocycles. The third-order valence-corrected chi connectivity index (χ3v) is 4.44. The van der Waals surface area contributed by atoms with E-state index in [-0.39, 0.29) is 28.4 Å². The van der Waals surface area contributed by atoms with Gasteiger partial charge in [0.15, 0.2) is 5.69 Å². The predicted octanol–water partition coefficient (Wildman–Crippen LogP) is 1.15. The molecule has 2 heterocycles. The molecule has 0 aliphatic heterocycles. The van der Waals surface area contributed by atoms with Crippen LogP contribution in [-0.2, 0) is 17.8 Å². The monoisotopic (exact) mass is 357 g/mol. The molecule has 0 saturated heterocycles. The molecule has 0 fully saturated rings. The number of fused-ring (bicyclic) bond motifs is 1. The minimum atomic E-state index is -0.746. The largest absolute Gasteiger partial charge is 0.364 e. The van der Waals surface area contributed by atoms with Crippen LogP contribution in [0.5, 0.6) is 0 Å².